The minimum absolute atomic E-state index is 0.0922. The van der Waals surface area contributed by atoms with Gasteiger partial charge in [-0.3, -0.25) is 4.79 Å². The van der Waals surface area contributed by atoms with Crippen LogP contribution in [0.25, 0.3) is 5.82 Å². The second-order valence-electron chi connectivity index (χ2n) is 6.21. The van der Waals surface area contributed by atoms with E-state index in [0.717, 1.165) is 28.5 Å². The van der Waals surface area contributed by atoms with Crippen LogP contribution in [-0.2, 0) is 6.42 Å². The van der Waals surface area contributed by atoms with E-state index in [-0.39, 0.29) is 5.91 Å². The molecule has 3 aromatic rings. The lowest BCUT2D eigenvalue weighted by Crippen LogP contribution is -2.25. The van der Waals surface area contributed by atoms with Crippen molar-refractivity contribution in [2.24, 2.45) is 0 Å². The zero-order valence-corrected chi connectivity index (χ0v) is 15.9. The summed E-state index contributed by atoms with van der Waals surface area (Å²) in [5.74, 6) is 1.47. The van der Waals surface area contributed by atoms with Gasteiger partial charge in [0, 0.05) is 24.0 Å². The number of benzene rings is 1. The van der Waals surface area contributed by atoms with Gasteiger partial charge >= 0.3 is 0 Å². The maximum absolute atomic E-state index is 12.3. The van der Waals surface area contributed by atoms with Crippen LogP contribution in [0.4, 0.5) is 0 Å². The van der Waals surface area contributed by atoms with E-state index in [9.17, 15) is 4.79 Å². The topological polar surface area (TPSA) is 69.0 Å². The highest BCUT2D eigenvalue weighted by molar-refractivity contribution is 5.94. The van der Waals surface area contributed by atoms with E-state index in [1.807, 2.05) is 55.8 Å². The Bertz CT molecular complexity index is 902. The molecular formula is C21H24N4O2. The first-order valence-electron chi connectivity index (χ1n) is 9.07. The third kappa shape index (κ3) is 4.34. The highest BCUT2D eigenvalue weighted by Gasteiger charge is 2.14. The average Bonchev–Trinajstić information content (AvgIpc) is 2.97. The van der Waals surface area contributed by atoms with E-state index in [0.29, 0.717) is 25.1 Å². The Morgan fingerprint density at radius 1 is 1.15 bits per heavy atom. The van der Waals surface area contributed by atoms with Gasteiger partial charge in [0.05, 0.1) is 12.3 Å². The molecule has 6 heteroatoms. The number of carbonyl (C=O) groups is 1. The van der Waals surface area contributed by atoms with Gasteiger partial charge in [0.1, 0.15) is 5.75 Å². The first kappa shape index (κ1) is 18.6. The number of hydrogen-bond acceptors (Lipinski definition) is 4. The van der Waals surface area contributed by atoms with Crippen LogP contribution in [0.15, 0.2) is 48.7 Å². The molecule has 0 saturated carbocycles. The zero-order chi connectivity index (χ0) is 19.2. The fourth-order valence-electron chi connectivity index (χ4n) is 3.01. The molecule has 6 nitrogen and oxygen atoms in total. The molecule has 27 heavy (non-hydrogen) atoms. The Labute approximate surface area is 159 Å². The number of aromatic nitrogens is 3. The maximum atomic E-state index is 12.3. The SMILES string of the molecule is CCOc1ccc(C(=O)NCCc2c(C)nn(-c3ccccn3)c2C)cc1. The van der Waals surface area contributed by atoms with Crippen molar-refractivity contribution in [1.82, 2.24) is 20.1 Å². The van der Waals surface area contributed by atoms with Crippen molar-refractivity contribution in [2.75, 3.05) is 13.2 Å². The summed E-state index contributed by atoms with van der Waals surface area (Å²) >= 11 is 0. The summed E-state index contributed by atoms with van der Waals surface area (Å²) in [5.41, 5.74) is 3.75. The molecule has 0 fully saturated rings. The van der Waals surface area contributed by atoms with Gasteiger partial charge in [-0.15, -0.1) is 0 Å². The van der Waals surface area contributed by atoms with Gasteiger partial charge in [-0.2, -0.15) is 5.10 Å². The Morgan fingerprint density at radius 2 is 1.93 bits per heavy atom. The van der Waals surface area contributed by atoms with Crippen molar-refractivity contribution in [3.05, 3.63) is 71.2 Å². The lowest BCUT2D eigenvalue weighted by atomic mass is 10.1. The van der Waals surface area contributed by atoms with Crippen LogP contribution in [0.1, 0.15) is 34.2 Å². The first-order valence-corrected chi connectivity index (χ1v) is 9.07. The third-order valence-electron chi connectivity index (χ3n) is 4.40. The van der Waals surface area contributed by atoms with Gasteiger partial charge in [-0.1, -0.05) is 6.07 Å². The van der Waals surface area contributed by atoms with Crippen molar-refractivity contribution in [3.8, 4) is 11.6 Å². The van der Waals surface area contributed by atoms with Gasteiger partial charge in [0.25, 0.3) is 5.91 Å². The Kier molecular flexibility index (Phi) is 5.86. The van der Waals surface area contributed by atoms with Gasteiger partial charge in [-0.25, -0.2) is 9.67 Å². The molecular weight excluding hydrogens is 340 g/mol. The molecule has 0 radical (unpaired) electrons. The van der Waals surface area contributed by atoms with Crippen LogP contribution < -0.4 is 10.1 Å². The number of nitrogens with zero attached hydrogens (tertiary/aromatic N) is 3. The molecule has 1 amide bonds. The van der Waals surface area contributed by atoms with E-state index in [2.05, 4.69) is 15.4 Å². The van der Waals surface area contributed by atoms with Gasteiger partial charge in [-0.05, 0) is 69.2 Å². The molecule has 3 rings (SSSR count). The number of carbonyl (C=O) groups excluding carboxylic acids is 1. The monoisotopic (exact) mass is 364 g/mol. The van der Waals surface area contributed by atoms with Crippen LogP contribution in [0.3, 0.4) is 0 Å². The van der Waals surface area contributed by atoms with Crippen LogP contribution in [0, 0.1) is 13.8 Å². The van der Waals surface area contributed by atoms with E-state index in [1.165, 1.54) is 0 Å². The number of aryl methyl sites for hydroxylation is 1. The smallest absolute Gasteiger partial charge is 0.251 e. The Balaban J connectivity index is 1.62. The van der Waals surface area contributed by atoms with Gasteiger partial charge < -0.3 is 10.1 Å². The molecule has 0 aliphatic heterocycles. The summed E-state index contributed by atoms with van der Waals surface area (Å²) in [7, 11) is 0. The Morgan fingerprint density at radius 3 is 2.59 bits per heavy atom. The van der Waals surface area contributed by atoms with E-state index < -0.39 is 0 Å². The van der Waals surface area contributed by atoms with Gasteiger partial charge in [0.15, 0.2) is 5.82 Å². The molecule has 140 valence electrons. The van der Waals surface area contributed by atoms with E-state index in [1.54, 1.807) is 18.3 Å². The standard InChI is InChI=1S/C21H24N4O2/c1-4-27-18-10-8-17(9-11-18)21(26)23-14-12-19-15(2)24-25(16(19)3)20-7-5-6-13-22-20/h5-11,13H,4,12,14H2,1-3H3,(H,23,26). The van der Waals surface area contributed by atoms with E-state index in [4.69, 9.17) is 4.74 Å². The lowest BCUT2D eigenvalue weighted by molar-refractivity contribution is 0.0954. The number of hydrogen-bond donors (Lipinski definition) is 1. The highest BCUT2D eigenvalue weighted by Crippen LogP contribution is 2.17. The zero-order valence-electron chi connectivity index (χ0n) is 15.9. The molecule has 0 bridgehead atoms. The number of pyridine rings is 1. The van der Waals surface area contributed by atoms with E-state index >= 15 is 0 Å². The summed E-state index contributed by atoms with van der Waals surface area (Å²) in [5, 5.41) is 7.56. The minimum atomic E-state index is -0.0922. The van der Waals surface area contributed by atoms with Crippen molar-refractivity contribution < 1.29 is 9.53 Å². The van der Waals surface area contributed by atoms with Crippen LogP contribution in [0.2, 0.25) is 0 Å². The molecule has 1 N–H and O–H groups in total. The number of nitrogens with one attached hydrogen (secondary N) is 1. The van der Waals surface area contributed by atoms with Crippen molar-refractivity contribution >= 4 is 5.91 Å². The third-order valence-corrected chi connectivity index (χ3v) is 4.40. The normalized spacial score (nSPS) is 10.6. The molecule has 2 aromatic heterocycles. The number of rotatable bonds is 7. The molecule has 0 aliphatic carbocycles. The van der Waals surface area contributed by atoms with Crippen molar-refractivity contribution in [3.63, 3.8) is 0 Å². The number of amides is 1. The van der Waals surface area contributed by atoms with Crippen molar-refractivity contribution in [2.45, 2.75) is 27.2 Å². The highest BCUT2D eigenvalue weighted by atomic mass is 16.5. The summed E-state index contributed by atoms with van der Waals surface area (Å²) in [6.45, 7) is 7.09. The predicted molar refractivity (Wildman–Crippen MR) is 104 cm³/mol. The average molecular weight is 364 g/mol. The molecule has 0 aliphatic rings. The van der Waals surface area contributed by atoms with Crippen molar-refractivity contribution in [1.29, 1.82) is 0 Å². The Hall–Kier alpha value is -3.15. The molecule has 0 spiro atoms. The molecule has 1 aromatic carbocycles. The maximum Gasteiger partial charge on any atom is 0.251 e. The quantitative estimate of drug-likeness (QED) is 0.699. The second kappa shape index (κ2) is 8.49. The van der Waals surface area contributed by atoms with Crippen LogP contribution in [0.5, 0.6) is 5.75 Å². The second-order valence-corrected chi connectivity index (χ2v) is 6.21. The summed E-state index contributed by atoms with van der Waals surface area (Å²) in [4.78, 5) is 16.7. The lowest BCUT2D eigenvalue weighted by Gasteiger charge is -2.08. The summed E-state index contributed by atoms with van der Waals surface area (Å²) < 4.78 is 7.24. The minimum Gasteiger partial charge on any atom is -0.494 e. The van der Waals surface area contributed by atoms with Crippen LogP contribution >= 0.6 is 0 Å². The van der Waals surface area contributed by atoms with Gasteiger partial charge in [0.2, 0.25) is 0 Å². The van der Waals surface area contributed by atoms with Crippen LogP contribution in [-0.4, -0.2) is 33.8 Å². The molecule has 0 saturated heterocycles. The largest absolute Gasteiger partial charge is 0.494 e. The first-order chi connectivity index (χ1) is 13.1. The fraction of sp³-hybridized carbons (Fsp3) is 0.286. The predicted octanol–water partition coefficient (Wildman–Crippen LogP) is 3.26. The molecule has 0 unspecified atom stereocenters. The fourth-order valence-corrected chi connectivity index (χ4v) is 3.01. The molecule has 0 atom stereocenters. The summed E-state index contributed by atoms with van der Waals surface area (Å²) in [6, 6.07) is 12.9. The number of ether oxygens (including phenoxy) is 1. The summed E-state index contributed by atoms with van der Waals surface area (Å²) in [6.07, 6.45) is 2.47. The molecule has 2 heterocycles.